The molecule has 0 unspecified atom stereocenters. The third-order valence-corrected chi connectivity index (χ3v) is 3.61. The summed E-state index contributed by atoms with van der Waals surface area (Å²) in [7, 11) is 0. The molecule has 1 amide bonds. The molecular weight excluding hydrogens is 314 g/mol. The minimum atomic E-state index is -0.557. The van der Waals surface area contributed by atoms with Gasteiger partial charge in [0.25, 0.3) is 5.91 Å². The topological polar surface area (TPSA) is 47.6 Å². The molecule has 2 aromatic rings. The molecule has 2 rings (SSSR count). The molecule has 2 aromatic carbocycles. The summed E-state index contributed by atoms with van der Waals surface area (Å²) >= 11 is 0. The van der Waals surface area contributed by atoms with E-state index in [2.05, 4.69) is 18.0 Å². The lowest BCUT2D eigenvalue weighted by molar-refractivity contribution is -0.122. The zero-order valence-electron chi connectivity index (χ0n) is 15.0. The second kappa shape index (κ2) is 8.92. The standard InChI is InChI=1S/C21H25NO3/c1-5-10-24-18-9-7-8-17(14-18)22-21(23)20(6-2)25-19-12-15(3)11-16(4)13-19/h5,7-9,11-14,20H,1,6,10H2,2-4H3,(H,22,23)/t20-/m1/s1. The lowest BCUT2D eigenvalue weighted by Crippen LogP contribution is -2.32. The van der Waals surface area contributed by atoms with Gasteiger partial charge in [-0.15, -0.1) is 0 Å². The summed E-state index contributed by atoms with van der Waals surface area (Å²) in [5, 5.41) is 2.89. The molecule has 0 saturated heterocycles. The average molecular weight is 339 g/mol. The summed E-state index contributed by atoms with van der Waals surface area (Å²) in [6.07, 6.45) is 1.69. The van der Waals surface area contributed by atoms with Crippen LogP contribution in [0.3, 0.4) is 0 Å². The van der Waals surface area contributed by atoms with Gasteiger partial charge in [-0.2, -0.15) is 0 Å². The molecule has 0 radical (unpaired) electrons. The summed E-state index contributed by atoms with van der Waals surface area (Å²) in [5.41, 5.74) is 2.89. The fourth-order valence-corrected chi connectivity index (χ4v) is 2.53. The summed E-state index contributed by atoms with van der Waals surface area (Å²) in [6, 6.07) is 13.2. The Kier molecular flexibility index (Phi) is 6.63. The highest BCUT2D eigenvalue weighted by molar-refractivity contribution is 5.94. The van der Waals surface area contributed by atoms with Crippen LogP contribution in [-0.2, 0) is 4.79 Å². The van der Waals surface area contributed by atoms with Crippen LogP contribution in [0.5, 0.6) is 11.5 Å². The van der Waals surface area contributed by atoms with Gasteiger partial charge < -0.3 is 14.8 Å². The van der Waals surface area contributed by atoms with Crippen LogP contribution in [0.2, 0.25) is 0 Å². The molecule has 0 aliphatic rings. The normalized spacial score (nSPS) is 11.5. The predicted octanol–water partition coefficient (Wildman–Crippen LogP) is 4.66. The second-order valence-corrected chi connectivity index (χ2v) is 5.95. The molecule has 0 fully saturated rings. The Balaban J connectivity index is 2.05. The lowest BCUT2D eigenvalue weighted by Gasteiger charge is -2.18. The van der Waals surface area contributed by atoms with E-state index in [1.54, 1.807) is 12.1 Å². The molecule has 25 heavy (non-hydrogen) atoms. The van der Waals surface area contributed by atoms with Crippen LogP contribution in [0.4, 0.5) is 5.69 Å². The molecule has 1 atom stereocenters. The number of nitrogens with one attached hydrogen (secondary N) is 1. The third kappa shape index (κ3) is 5.68. The number of rotatable bonds is 8. The van der Waals surface area contributed by atoms with Crippen molar-refractivity contribution in [1.29, 1.82) is 0 Å². The van der Waals surface area contributed by atoms with Crippen molar-refractivity contribution in [3.63, 3.8) is 0 Å². The first-order valence-corrected chi connectivity index (χ1v) is 8.41. The molecule has 0 aromatic heterocycles. The van der Waals surface area contributed by atoms with Crippen LogP contribution >= 0.6 is 0 Å². The molecule has 0 heterocycles. The van der Waals surface area contributed by atoms with Crippen LogP contribution in [0.1, 0.15) is 24.5 Å². The maximum absolute atomic E-state index is 12.6. The largest absolute Gasteiger partial charge is 0.489 e. The number of aryl methyl sites for hydroxylation is 2. The first kappa shape index (κ1) is 18.6. The lowest BCUT2D eigenvalue weighted by atomic mass is 10.1. The van der Waals surface area contributed by atoms with E-state index in [0.29, 0.717) is 30.2 Å². The van der Waals surface area contributed by atoms with Crippen molar-refractivity contribution >= 4 is 11.6 Å². The van der Waals surface area contributed by atoms with Gasteiger partial charge in [0, 0.05) is 11.8 Å². The Hall–Kier alpha value is -2.75. The van der Waals surface area contributed by atoms with Crippen LogP contribution in [0.25, 0.3) is 0 Å². The number of carbonyl (C=O) groups is 1. The predicted molar refractivity (Wildman–Crippen MR) is 101 cm³/mol. The van der Waals surface area contributed by atoms with Gasteiger partial charge in [0.2, 0.25) is 0 Å². The van der Waals surface area contributed by atoms with Crippen molar-refractivity contribution in [2.45, 2.75) is 33.3 Å². The first-order valence-electron chi connectivity index (χ1n) is 8.41. The van der Waals surface area contributed by atoms with Gasteiger partial charge in [-0.25, -0.2) is 0 Å². The quantitative estimate of drug-likeness (QED) is 0.711. The van der Waals surface area contributed by atoms with Gasteiger partial charge in [0.05, 0.1) is 0 Å². The Labute approximate surface area is 149 Å². The van der Waals surface area contributed by atoms with E-state index in [4.69, 9.17) is 9.47 Å². The molecule has 0 bridgehead atoms. The molecule has 132 valence electrons. The van der Waals surface area contributed by atoms with Crippen LogP contribution < -0.4 is 14.8 Å². The Morgan fingerprint density at radius 1 is 1.16 bits per heavy atom. The van der Waals surface area contributed by atoms with Crippen molar-refractivity contribution in [3.05, 3.63) is 66.2 Å². The average Bonchev–Trinajstić information content (AvgIpc) is 2.57. The first-order chi connectivity index (χ1) is 12.0. The summed E-state index contributed by atoms with van der Waals surface area (Å²) < 4.78 is 11.4. The zero-order valence-corrected chi connectivity index (χ0v) is 15.0. The van der Waals surface area contributed by atoms with E-state index in [1.807, 2.05) is 51.1 Å². The summed E-state index contributed by atoms with van der Waals surface area (Å²) in [6.45, 7) is 9.99. The van der Waals surface area contributed by atoms with Crippen molar-refractivity contribution < 1.29 is 14.3 Å². The number of amides is 1. The van der Waals surface area contributed by atoms with E-state index in [1.165, 1.54) is 0 Å². The van der Waals surface area contributed by atoms with E-state index in [-0.39, 0.29) is 5.91 Å². The minimum Gasteiger partial charge on any atom is -0.489 e. The molecule has 4 nitrogen and oxygen atoms in total. The zero-order chi connectivity index (χ0) is 18.2. The van der Waals surface area contributed by atoms with Crippen LogP contribution in [-0.4, -0.2) is 18.6 Å². The van der Waals surface area contributed by atoms with Gasteiger partial charge in [-0.3, -0.25) is 4.79 Å². The van der Waals surface area contributed by atoms with Crippen molar-refractivity contribution in [2.75, 3.05) is 11.9 Å². The van der Waals surface area contributed by atoms with Crippen molar-refractivity contribution in [2.24, 2.45) is 0 Å². The molecule has 0 saturated carbocycles. The fraction of sp³-hybridized carbons (Fsp3) is 0.286. The van der Waals surface area contributed by atoms with E-state index >= 15 is 0 Å². The Bertz CT molecular complexity index is 719. The number of carbonyl (C=O) groups excluding carboxylic acids is 1. The van der Waals surface area contributed by atoms with Gasteiger partial charge in [-0.1, -0.05) is 31.7 Å². The Morgan fingerprint density at radius 3 is 2.52 bits per heavy atom. The summed E-state index contributed by atoms with van der Waals surface area (Å²) in [4.78, 5) is 12.6. The maximum atomic E-state index is 12.6. The molecule has 0 aliphatic carbocycles. The molecule has 0 spiro atoms. The number of hydrogen-bond acceptors (Lipinski definition) is 3. The fourth-order valence-electron chi connectivity index (χ4n) is 2.53. The van der Waals surface area contributed by atoms with Gasteiger partial charge >= 0.3 is 0 Å². The third-order valence-electron chi connectivity index (χ3n) is 3.61. The number of ether oxygens (including phenoxy) is 2. The summed E-state index contributed by atoms with van der Waals surface area (Å²) in [5.74, 6) is 1.21. The Morgan fingerprint density at radius 2 is 1.88 bits per heavy atom. The molecule has 4 heteroatoms. The minimum absolute atomic E-state index is 0.178. The number of benzene rings is 2. The number of hydrogen-bond donors (Lipinski definition) is 1. The van der Waals surface area contributed by atoms with Gasteiger partial charge in [0.1, 0.15) is 18.1 Å². The van der Waals surface area contributed by atoms with Crippen molar-refractivity contribution in [3.8, 4) is 11.5 Å². The smallest absolute Gasteiger partial charge is 0.265 e. The second-order valence-electron chi connectivity index (χ2n) is 5.95. The highest BCUT2D eigenvalue weighted by Crippen LogP contribution is 2.21. The van der Waals surface area contributed by atoms with E-state index < -0.39 is 6.10 Å². The molecule has 1 N–H and O–H groups in total. The monoisotopic (exact) mass is 339 g/mol. The van der Waals surface area contributed by atoms with Gasteiger partial charge in [-0.05, 0) is 55.7 Å². The molecule has 0 aliphatic heterocycles. The number of anilines is 1. The van der Waals surface area contributed by atoms with E-state index in [9.17, 15) is 4.79 Å². The van der Waals surface area contributed by atoms with Crippen molar-refractivity contribution in [1.82, 2.24) is 0 Å². The maximum Gasteiger partial charge on any atom is 0.265 e. The SMILES string of the molecule is C=CCOc1cccc(NC(=O)[C@@H](CC)Oc2cc(C)cc(C)c2)c1. The highest BCUT2D eigenvalue weighted by atomic mass is 16.5. The van der Waals surface area contributed by atoms with Crippen LogP contribution in [0, 0.1) is 13.8 Å². The van der Waals surface area contributed by atoms with Crippen LogP contribution in [0.15, 0.2) is 55.1 Å². The molecular formula is C21H25NO3. The van der Waals surface area contributed by atoms with Gasteiger partial charge in [0.15, 0.2) is 6.10 Å². The highest BCUT2D eigenvalue weighted by Gasteiger charge is 2.19. The van der Waals surface area contributed by atoms with E-state index in [0.717, 1.165) is 11.1 Å².